The van der Waals surface area contributed by atoms with Crippen LogP contribution in [0.25, 0.3) is 11.0 Å². The smallest absolute Gasteiger partial charge is 0.287 e. The van der Waals surface area contributed by atoms with Crippen LogP contribution >= 0.6 is 0 Å². The average Bonchev–Trinajstić information content (AvgIpc) is 2.95. The highest BCUT2D eigenvalue weighted by atomic mass is 32.2. The second kappa shape index (κ2) is 6.60. The average molecular weight is 358 g/mol. The summed E-state index contributed by atoms with van der Waals surface area (Å²) >= 11 is 0. The van der Waals surface area contributed by atoms with Gasteiger partial charge < -0.3 is 9.73 Å². The van der Waals surface area contributed by atoms with Gasteiger partial charge in [0.15, 0.2) is 5.76 Å². The molecule has 0 atom stereocenters. The zero-order chi connectivity index (χ0) is 18.0. The maximum atomic E-state index is 12.3. The van der Waals surface area contributed by atoms with Crippen molar-refractivity contribution >= 4 is 32.6 Å². The summed E-state index contributed by atoms with van der Waals surface area (Å²) < 4.78 is 30.9. The molecule has 0 unspecified atom stereocenters. The van der Waals surface area contributed by atoms with Crippen molar-refractivity contribution in [3.8, 4) is 0 Å². The molecule has 0 fully saturated rings. The molecule has 0 bridgehead atoms. The van der Waals surface area contributed by atoms with Crippen LogP contribution < -0.4 is 10.0 Å². The lowest BCUT2D eigenvalue weighted by Crippen LogP contribution is -2.23. The van der Waals surface area contributed by atoms with Crippen LogP contribution in [0.5, 0.6) is 0 Å². The number of furan rings is 1. The zero-order valence-electron chi connectivity index (χ0n) is 13.9. The van der Waals surface area contributed by atoms with Gasteiger partial charge in [-0.3, -0.25) is 9.52 Å². The van der Waals surface area contributed by atoms with Gasteiger partial charge in [-0.1, -0.05) is 29.8 Å². The zero-order valence-corrected chi connectivity index (χ0v) is 14.7. The molecule has 0 saturated carbocycles. The van der Waals surface area contributed by atoms with E-state index in [-0.39, 0.29) is 18.2 Å². The molecule has 130 valence electrons. The van der Waals surface area contributed by atoms with Crippen molar-refractivity contribution in [2.45, 2.75) is 13.5 Å². The lowest BCUT2D eigenvalue weighted by atomic mass is 10.2. The number of carbonyl (C=O) groups is 1. The van der Waals surface area contributed by atoms with Crippen molar-refractivity contribution in [1.29, 1.82) is 0 Å². The van der Waals surface area contributed by atoms with E-state index in [9.17, 15) is 13.2 Å². The minimum absolute atomic E-state index is 0.174. The number of hydrogen-bond acceptors (Lipinski definition) is 4. The lowest BCUT2D eigenvalue weighted by Gasteiger charge is -2.11. The fraction of sp³-hybridized carbons (Fsp3) is 0.167. The van der Waals surface area contributed by atoms with Gasteiger partial charge >= 0.3 is 0 Å². The molecule has 3 aromatic rings. The van der Waals surface area contributed by atoms with Crippen molar-refractivity contribution in [2.24, 2.45) is 0 Å². The number of amides is 1. The molecule has 1 heterocycles. The van der Waals surface area contributed by atoms with Crippen LogP contribution in [0.1, 0.15) is 21.7 Å². The summed E-state index contributed by atoms with van der Waals surface area (Å²) in [5.74, 6) is -0.142. The Labute approximate surface area is 145 Å². The van der Waals surface area contributed by atoms with Crippen LogP contribution in [0.3, 0.4) is 0 Å². The van der Waals surface area contributed by atoms with E-state index in [0.29, 0.717) is 16.8 Å². The highest BCUT2D eigenvalue weighted by Crippen LogP contribution is 2.21. The summed E-state index contributed by atoms with van der Waals surface area (Å²) in [5, 5.41) is 3.61. The van der Waals surface area contributed by atoms with Gasteiger partial charge in [0, 0.05) is 11.9 Å². The van der Waals surface area contributed by atoms with Gasteiger partial charge in [0.2, 0.25) is 10.0 Å². The molecule has 0 saturated heterocycles. The van der Waals surface area contributed by atoms with Gasteiger partial charge in [-0.25, -0.2) is 8.42 Å². The van der Waals surface area contributed by atoms with Crippen LogP contribution in [0.4, 0.5) is 5.69 Å². The van der Waals surface area contributed by atoms with E-state index in [1.165, 1.54) is 0 Å². The van der Waals surface area contributed by atoms with E-state index >= 15 is 0 Å². The minimum Gasteiger partial charge on any atom is -0.451 e. The first kappa shape index (κ1) is 17.0. The predicted molar refractivity (Wildman–Crippen MR) is 97.0 cm³/mol. The molecule has 7 heteroatoms. The second-order valence-electron chi connectivity index (χ2n) is 5.87. The number of para-hydroxylation sites is 1. The number of benzene rings is 2. The molecular weight excluding hydrogens is 340 g/mol. The highest BCUT2D eigenvalue weighted by Gasteiger charge is 2.13. The van der Waals surface area contributed by atoms with Crippen molar-refractivity contribution in [1.82, 2.24) is 5.32 Å². The third kappa shape index (κ3) is 4.19. The van der Waals surface area contributed by atoms with Crippen LogP contribution in [0.15, 0.2) is 52.9 Å². The summed E-state index contributed by atoms with van der Waals surface area (Å²) in [4.78, 5) is 12.3. The van der Waals surface area contributed by atoms with E-state index in [1.807, 2.05) is 25.1 Å². The van der Waals surface area contributed by atoms with Crippen LogP contribution in [0, 0.1) is 6.92 Å². The Morgan fingerprint density at radius 3 is 2.64 bits per heavy atom. The Morgan fingerprint density at radius 1 is 1.12 bits per heavy atom. The third-order valence-electron chi connectivity index (χ3n) is 3.65. The molecule has 1 amide bonds. The fourth-order valence-electron chi connectivity index (χ4n) is 2.51. The number of anilines is 1. The molecule has 2 aromatic carbocycles. The first-order valence-electron chi connectivity index (χ1n) is 7.66. The molecule has 2 N–H and O–H groups in total. The van der Waals surface area contributed by atoms with Gasteiger partial charge in [-0.2, -0.15) is 0 Å². The topological polar surface area (TPSA) is 88.4 Å². The second-order valence-corrected chi connectivity index (χ2v) is 7.61. The molecule has 25 heavy (non-hydrogen) atoms. The van der Waals surface area contributed by atoms with Crippen molar-refractivity contribution in [3.05, 3.63) is 65.4 Å². The molecule has 0 spiro atoms. The summed E-state index contributed by atoms with van der Waals surface area (Å²) in [6, 6.07) is 14.3. The molecule has 6 nitrogen and oxygen atoms in total. The van der Waals surface area contributed by atoms with Crippen LogP contribution in [0.2, 0.25) is 0 Å². The number of aryl methyl sites for hydroxylation is 1. The van der Waals surface area contributed by atoms with Gasteiger partial charge in [0.25, 0.3) is 5.91 Å². The largest absolute Gasteiger partial charge is 0.451 e. The quantitative estimate of drug-likeness (QED) is 0.734. The lowest BCUT2D eigenvalue weighted by molar-refractivity contribution is 0.0925. The van der Waals surface area contributed by atoms with Crippen LogP contribution in [-0.4, -0.2) is 20.6 Å². The number of rotatable bonds is 5. The number of fused-ring (bicyclic) bond motifs is 1. The van der Waals surface area contributed by atoms with E-state index in [4.69, 9.17) is 4.42 Å². The summed E-state index contributed by atoms with van der Waals surface area (Å²) in [6.45, 7) is 2.14. The third-order valence-corrected chi connectivity index (χ3v) is 4.24. The first-order chi connectivity index (χ1) is 11.8. The molecule has 3 rings (SSSR count). The molecular formula is C18H18N2O4S. The maximum Gasteiger partial charge on any atom is 0.287 e. The van der Waals surface area contributed by atoms with E-state index in [2.05, 4.69) is 10.0 Å². The number of nitrogens with one attached hydrogen (secondary N) is 2. The SMILES string of the molecule is Cc1ccc2oc(C(=O)NCc3ccccc3NS(C)(=O)=O)cc2c1. The van der Waals surface area contributed by atoms with Gasteiger partial charge in [0.1, 0.15) is 5.58 Å². The Hall–Kier alpha value is -2.80. The molecule has 0 aliphatic carbocycles. The number of hydrogen-bond donors (Lipinski definition) is 2. The number of carbonyl (C=O) groups excluding carboxylic acids is 1. The van der Waals surface area contributed by atoms with E-state index in [1.54, 1.807) is 30.3 Å². The summed E-state index contributed by atoms with van der Waals surface area (Å²) in [7, 11) is -3.39. The Balaban J connectivity index is 1.76. The fourth-order valence-corrected chi connectivity index (χ4v) is 3.11. The van der Waals surface area contributed by atoms with Gasteiger partial charge in [-0.05, 0) is 36.8 Å². The summed E-state index contributed by atoms with van der Waals surface area (Å²) in [6.07, 6.45) is 1.08. The maximum absolute atomic E-state index is 12.3. The summed E-state index contributed by atoms with van der Waals surface area (Å²) in [5.41, 5.74) is 2.83. The standard InChI is InChI=1S/C18H18N2O4S/c1-12-7-8-16-14(9-12)10-17(24-16)18(21)19-11-13-5-3-4-6-15(13)20-25(2,22)23/h3-10,20H,11H2,1-2H3,(H,19,21). The Bertz CT molecular complexity index is 1040. The van der Waals surface area contributed by atoms with Gasteiger partial charge in [-0.15, -0.1) is 0 Å². The van der Waals surface area contributed by atoms with Crippen molar-refractivity contribution < 1.29 is 17.6 Å². The van der Waals surface area contributed by atoms with Crippen LogP contribution in [-0.2, 0) is 16.6 Å². The predicted octanol–water partition coefficient (Wildman–Crippen LogP) is 3.04. The minimum atomic E-state index is -3.39. The van der Waals surface area contributed by atoms with Gasteiger partial charge in [0.05, 0.1) is 11.9 Å². The van der Waals surface area contributed by atoms with Crippen molar-refractivity contribution in [3.63, 3.8) is 0 Å². The van der Waals surface area contributed by atoms with E-state index in [0.717, 1.165) is 17.2 Å². The normalized spacial score (nSPS) is 11.4. The Kier molecular flexibility index (Phi) is 4.50. The monoisotopic (exact) mass is 358 g/mol. The highest BCUT2D eigenvalue weighted by molar-refractivity contribution is 7.92. The first-order valence-corrected chi connectivity index (χ1v) is 9.55. The van der Waals surface area contributed by atoms with Crippen molar-refractivity contribution in [2.75, 3.05) is 11.0 Å². The molecule has 0 aliphatic rings. The molecule has 0 radical (unpaired) electrons. The Morgan fingerprint density at radius 2 is 1.88 bits per heavy atom. The molecule has 0 aliphatic heterocycles. The number of sulfonamides is 1. The van der Waals surface area contributed by atoms with E-state index < -0.39 is 10.0 Å². The molecule has 1 aromatic heterocycles.